The molecule has 1 aliphatic carbocycles. The smallest absolute Gasteiger partial charge is 0.253 e. The molecule has 0 spiro atoms. The molecular formula is C17H24N2O. The van der Waals surface area contributed by atoms with E-state index in [0.29, 0.717) is 0 Å². The number of amides is 1. The van der Waals surface area contributed by atoms with Crippen molar-refractivity contribution in [1.82, 2.24) is 10.2 Å². The van der Waals surface area contributed by atoms with Gasteiger partial charge in [0.1, 0.15) is 0 Å². The van der Waals surface area contributed by atoms with Gasteiger partial charge in [0.15, 0.2) is 0 Å². The Bertz CT molecular complexity index is 490. The minimum Gasteiger partial charge on any atom is -0.339 e. The van der Waals surface area contributed by atoms with Gasteiger partial charge in [-0.05, 0) is 74.9 Å². The van der Waals surface area contributed by atoms with Gasteiger partial charge in [0.05, 0.1) is 0 Å². The van der Waals surface area contributed by atoms with E-state index in [1.54, 1.807) is 0 Å². The van der Waals surface area contributed by atoms with Crippen molar-refractivity contribution in [1.29, 1.82) is 0 Å². The van der Waals surface area contributed by atoms with Crippen LogP contribution in [0, 0.1) is 5.92 Å². The summed E-state index contributed by atoms with van der Waals surface area (Å²) in [5.41, 5.74) is 3.72. The van der Waals surface area contributed by atoms with E-state index in [1.807, 2.05) is 18.0 Å². The first-order valence-corrected chi connectivity index (χ1v) is 7.83. The molecule has 0 radical (unpaired) electrons. The molecule has 3 rings (SSSR count). The second kappa shape index (κ2) is 5.96. The van der Waals surface area contributed by atoms with Crippen molar-refractivity contribution < 1.29 is 4.79 Å². The Hall–Kier alpha value is -1.35. The fourth-order valence-electron chi connectivity index (χ4n) is 3.52. The van der Waals surface area contributed by atoms with Gasteiger partial charge in [-0.2, -0.15) is 0 Å². The van der Waals surface area contributed by atoms with Crippen molar-refractivity contribution in [3.63, 3.8) is 0 Å². The average molecular weight is 272 g/mol. The van der Waals surface area contributed by atoms with Crippen LogP contribution in [0.25, 0.3) is 0 Å². The van der Waals surface area contributed by atoms with Gasteiger partial charge in [-0.3, -0.25) is 4.79 Å². The molecule has 0 atom stereocenters. The first-order valence-electron chi connectivity index (χ1n) is 7.83. The SMILES string of the molecule is CNCC1CCN(C(=O)c2ccc3c(c2)CCC3)CC1. The van der Waals surface area contributed by atoms with E-state index in [-0.39, 0.29) is 5.91 Å². The molecule has 1 amide bonds. The van der Waals surface area contributed by atoms with Gasteiger partial charge in [-0.15, -0.1) is 0 Å². The molecule has 0 bridgehead atoms. The van der Waals surface area contributed by atoms with E-state index in [0.717, 1.165) is 50.4 Å². The standard InChI is InChI=1S/C17H24N2O/c1-18-12-13-7-9-19(10-8-13)17(20)16-6-5-14-3-2-4-15(14)11-16/h5-6,11,13,18H,2-4,7-10,12H2,1H3. The number of hydrogen-bond donors (Lipinski definition) is 1. The molecule has 2 aliphatic rings. The first kappa shape index (κ1) is 13.6. The van der Waals surface area contributed by atoms with Crippen molar-refractivity contribution in [2.45, 2.75) is 32.1 Å². The van der Waals surface area contributed by atoms with Crippen LogP contribution >= 0.6 is 0 Å². The Balaban J connectivity index is 1.65. The molecule has 1 aromatic rings. The van der Waals surface area contributed by atoms with Crippen LogP contribution in [0.5, 0.6) is 0 Å². The van der Waals surface area contributed by atoms with Gasteiger partial charge in [0.25, 0.3) is 5.91 Å². The van der Waals surface area contributed by atoms with Crippen molar-refractivity contribution in [3.8, 4) is 0 Å². The molecule has 3 heteroatoms. The summed E-state index contributed by atoms with van der Waals surface area (Å²) in [5, 5.41) is 3.24. The summed E-state index contributed by atoms with van der Waals surface area (Å²) in [5.74, 6) is 0.951. The van der Waals surface area contributed by atoms with Gasteiger partial charge in [-0.1, -0.05) is 6.07 Å². The highest BCUT2D eigenvalue weighted by Crippen LogP contribution is 2.24. The summed E-state index contributed by atoms with van der Waals surface area (Å²) in [6, 6.07) is 6.31. The molecular weight excluding hydrogens is 248 g/mol. The maximum absolute atomic E-state index is 12.6. The Kier molecular flexibility index (Phi) is 4.06. The van der Waals surface area contributed by atoms with E-state index < -0.39 is 0 Å². The van der Waals surface area contributed by atoms with Crippen molar-refractivity contribution in [3.05, 3.63) is 34.9 Å². The summed E-state index contributed by atoms with van der Waals surface area (Å²) in [6.45, 7) is 2.88. The molecule has 1 aliphatic heterocycles. The Morgan fingerprint density at radius 3 is 2.75 bits per heavy atom. The molecule has 1 N–H and O–H groups in total. The quantitative estimate of drug-likeness (QED) is 0.915. The van der Waals surface area contributed by atoms with Crippen molar-refractivity contribution in [2.24, 2.45) is 5.92 Å². The fraction of sp³-hybridized carbons (Fsp3) is 0.588. The van der Waals surface area contributed by atoms with Gasteiger partial charge in [0, 0.05) is 18.7 Å². The van der Waals surface area contributed by atoms with Gasteiger partial charge >= 0.3 is 0 Å². The minimum absolute atomic E-state index is 0.225. The zero-order valence-electron chi connectivity index (χ0n) is 12.3. The number of hydrogen-bond acceptors (Lipinski definition) is 2. The molecule has 108 valence electrons. The number of benzene rings is 1. The predicted molar refractivity (Wildman–Crippen MR) is 81.0 cm³/mol. The van der Waals surface area contributed by atoms with Crippen LogP contribution in [-0.2, 0) is 12.8 Å². The first-order chi connectivity index (χ1) is 9.78. The molecule has 1 aromatic carbocycles. The zero-order valence-corrected chi connectivity index (χ0v) is 12.3. The van der Waals surface area contributed by atoms with Crippen LogP contribution in [-0.4, -0.2) is 37.5 Å². The van der Waals surface area contributed by atoms with Gasteiger partial charge in [0.2, 0.25) is 0 Å². The lowest BCUT2D eigenvalue weighted by molar-refractivity contribution is 0.0691. The monoisotopic (exact) mass is 272 g/mol. The molecule has 3 nitrogen and oxygen atoms in total. The highest BCUT2D eigenvalue weighted by atomic mass is 16.2. The number of nitrogens with one attached hydrogen (secondary N) is 1. The summed E-state index contributed by atoms with van der Waals surface area (Å²) < 4.78 is 0. The maximum atomic E-state index is 12.6. The molecule has 1 fully saturated rings. The van der Waals surface area contributed by atoms with Crippen LogP contribution in [0.4, 0.5) is 0 Å². The second-order valence-corrected chi connectivity index (χ2v) is 6.13. The van der Waals surface area contributed by atoms with E-state index in [2.05, 4.69) is 17.4 Å². The van der Waals surface area contributed by atoms with E-state index in [9.17, 15) is 4.79 Å². The summed E-state index contributed by atoms with van der Waals surface area (Å²) >= 11 is 0. The predicted octanol–water partition coefficient (Wildman–Crippen LogP) is 2.25. The van der Waals surface area contributed by atoms with Crippen molar-refractivity contribution >= 4 is 5.91 Å². The lowest BCUT2D eigenvalue weighted by atomic mass is 9.96. The number of nitrogens with zero attached hydrogens (tertiary/aromatic N) is 1. The van der Waals surface area contributed by atoms with E-state index >= 15 is 0 Å². The normalized spacial score (nSPS) is 19.1. The summed E-state index contributed by atoms with van der Waals surface area (Å²) in [7, 11) is 2.00. The highest BCUT2D eigenvalue weighted by Gasteiger charge is 2.24. The molecule has 0 unspecified atom stereocenters. The Morgan fingerprint density at radius 1 is 1.25 bits per heavy atom. The molecule has 1 heterocycles. The lowest BCUT2D eigenvalue weighted by Crippen LogP contribution is -2.40. The summed E-state index contributed by atoms with van der Waals surface area (Å²) in [4.78, 5) is 14.6. The third-order valence-electron chi connectivity index (χ3n) is 4.74. The van der Waals surface area contributed by atoms with Crippen LogP contribution in [0.2, 0.25) is 0 Å². The number of likely N-dealkylation sites (tertiary alicyclic amines) is 1. The van der Waals surface area contributed by atoms with Gasteiger partial charge < -0.3 is 10.2 Å². The van der Waals surface area contributed by atoms with Gasteiger partial charge in [-0.25, -0.2) is 0 Å². The van der Waals surface area contributed by atoms with Crippen LogP contribution in [0.1, 0.15) is 40.7 Å². The van der Waals surface area contributed by atoms with Crippen molar-refractivity contribution in [2.75, 3.05) is 26.7 Å². The largest absolute Gasteiger partial charge is 0.339 e. The second-order valence-electron chi connectivity index (χ2n) is 6.13. The van der Waals surface area contributed by atoms with Crippen LogP contribution in [0.15, 0.2) is 18.2 Å². The third-order valence-corrected chi connectivity index (χ3v) is 4.74. The van der Waals surface area contributed by atoms with Crippen LogP contribution in [0.3, 0.4) is 0 Å². The highest BCUT2D eigenvalue weighted by molar-refractivity contribution is 5.94. The molecule has 0 saturated carbocycles. The third kappa shape index (κ3) is 2.73. The average Bonchev–Trinajstić information content (AvgIpc) is 2.95. The Labute approximate surface area is 121 Å². The number of aryl methyl sites for hydroxylation is 2. The number of carbonyl (C=O) groups is 1. The maximum Gasteiger partial charge on any atom is 0.253 e. The number of fused-ring (bicyclic) bond motifs is 1. The van der Waals surface area contributed by atoms with E-state index in [1.165, 1.54) is 24.0 Å². The number of rotatable bonds is 3. The molecule has 0 aromatic heterocycles. The molecule has 1 saturated heterocycles. The zero-order chi connectivity index (χ0) is 13.9. The summed E-state index contributed by atoms with van der Waals surface area (Å²) in [6.07, 6.45) is 5.80. The Morgan fingerprint density at radius 2 is 2.00 bits per heavy atom. The topological polar surface area (TPSA) is 32.3 Å². The number of piperidine rings is 1. The van der Waals surface area contributed by atoms with Crippen LogP contribution < -0.4 is 5.32 Å². The minimum atomic E-state index is 0.225. The lowest BCUT2D eigenvalue weighted by Gasteiger charge is -2.32. The fourth-order valence-corrected chi connectivity index (χ4v) is 3.52. The van der Waals surface area contributed by atoms with E-state index in [4.69, 9.17) is 0 Å². The molecule has 20 heavy (non-hydrogen) atoms. The number of carbonyl (C=O) groups excluding carboxylic acids is 1.